The molecule has 0 saturated carbocycles. The maximum Gasteiger partial charge on any atom is 0.335 e. The first-order valence-corrected chi connectivity index (χ1v) is 26.3. The second kappa shape index (κ2) is 42.5. The van der Waals surface area contributed by atoms with Crippen LogP contribution < -0.4 is 15.5 Å². The van der Waals surface area contributed by atoms with Gasteiger partial charge in [-0.1, -0.05) is 42.2 Å². The molecule has 23 nitrogen and oxygen atoms in total. The first kappa shape index (κ1) is 64.1. The van der Waals surface area contributed by atoms with Gasteiger partial charge in [0.15, 0.2) is 0 Å². The minimum absolute atomic E-state index is 0.0498. The van der Waals surface area contributed by atoms with Gasteiger partial charge in [-0.2, -0.15) is 0 Å². The van der Waals surface area contributed by atoms with Crippen molar-refractivity contribution in [3.05, 3.63) is 65.2 Å². The molecule has 4 rings (SSSR count). The van der Waals surface area contributed by atoms with Gasteiger partial charge in [-0.3, -0.25) is 24.0 Å². The highest BCUT2D eigenvalue weighted by Gasteiger charge is 2.32. The van der Waals surface area contributed by atoms with Gasteiger partial charge in [0.2, 0.25) is 17.7 Å². The number of carbonyl (C=O) groups excluding carboxylic acids is 6. The Balaban J connectivity index is 0.773. The topological polar surface area (TPSA) is 253 Å². The van der Waals surface area contributed by atoms with Gasteiger partial charge in [-0.25, -0.2) is 4.79 Å². The van der Waals surface area contributed by atoms with Crippen LogP contribution in [0.2, 0.25) is 0 Å². The van der Waals surface area contributed by atoms with E-state index in [4.69, 9.17) is 61.7 Å². The minimum Gasteiger partial charge on any atom is -0.378 e. The van der Waals surface area contributed by atoms with Crippen LogP contribution in [-0.4, -0.2) is 212 Å². The zero-order valence-corrected chi connectivity index (χ0v) is 44.3. The molecule has 0 bridgehead atoms. The number of fused-ring (bicyclic) bond motifs is 2. The van der Waals surface area contributed by atoms with Crippen molar-refractivity contribution in [2.45, 2.75) is 51.5 Å². The smallest absolute Gasteiger partial charge is 0.335 e. The third-order valence-electron chi connectivity index (χ3n) is 11.0. The Labute approximate surface area is 451 Å². The van der Waals surface area contributed by atoms with Crippen LogP contribution in [0.5, 0.6) is 0 Å². The number of amides is 5. The van der Waals surface area contributed by atoms with Gasteiger partial charge >= 0.3 is 5.97 Å². The van der Waals surface area contributed by atoms with Crippen LogP contribution in [0.15, 0.2) is 48.5 Å². The van der Waals surface area contributed by atoms with Crippen molar-refractivity contribution >= 4 is 41.2 Å². The SMILES string of the molecule is O=C(CCCC(=O)NCCC(=O)N1Cc2ccccc2C#Cc2ccccc21)NCCOCCOCCOCCOCCOCCOCCOCCOCCOCCOCCOCCOCCC(=O)ON1C(=O)CCC1=O. The molecule has 0 radical (unpaired) electrons. The zero-order valence-electron chi connectivity index (χ0n) is 44.3. The number of para-hydroxylation sites is 1. The van der Waals surface area contributed by atoms with E-state index in [2.05, 4.69) is 22.5 Å². The Bertz CT molecular complexity index is 2050. The summed E-state index contributed by atoms with van der Waals surface area (Å²) in [4.78, 5) is 79.0. The van der Waals surface area contributed by atoms with Crippen molar-refractivity contribution in [2.75, 3.05) is 177 Å². The van der Waals surface area contributed by atoms with Crippen molar-refractivity contribution in [3.63, 3.8) is 0 Å². The molecule has 0 spiro atoms. The summed E-state index contributed by atoms with van der Waals surface area (Å²) >= 11 is 0. The summed E-state index contributed by atoms with van der Waals surface area (Å²) in [6.07, 6.45) is 0.926. The summed E-state index contributed by atoms with van der Waals surface area (Å²) in [6.45, 7) is 10.6. The van der Waals surface area contributed by atoms with E-state index < -0.39 is 17.8 Å². The molecule has 2 N–H and O–H groups in total. The lowest BCUT2D eigenvalue weighted by Gasteiger charge is -2.26. The predicted molar refractivity (Wildman–Crippen MR) is 276 cm³/mol. The van der Waals surface area contributed by atoms with E-state index in [1.54, 1.807) is 4.90 Å². The van der Waals surface area contributed by atoms with Crippen LogP contribution in [0, 0.1) is 11.8 Å². The summed E-state index contributed by atoms with van der Waals surface area (Å²) < 4.78 is 65.6. The molecule has 5 amide bonds. The highest BCUT2D eigenvalue weighted by atomic mass is 16.7. The molecule has 1 saturated heterocycles. The molecule has 2 aromatic rings. The largest absolute Gasteiger partial charge is 0.378 e. The Morgan fingerprint density at radius 3 is 1.27 bits per heavy atom. The third kappa shape index (κ3) is 30.3. The second-order valence-corrected chi connectivity index (χ2v) is 16.9. The molecule has 2 heterocycles. The maximum atomic E-state index is 13.3. The Hall–Kier alpha value is -5.46. The van der Waals surface area contributed by atoms with Gasteiger partial charge in [0, 0.05) is 56.3 Å². The van der Waals surface area contributed by atoms with Crippen molar-refractivity contribution in [3.8, 4) is 11.8 Å². The number of anilines is 1. The van der Waals surface area contributed by atoms with Gasteiger partial charge in [-0.15, -0.1) is 5.06 Å². The number of carbonyl (C=O) groups is 6. The van der Waals surface area contributed by atoms with Crippen LogP contribution >= 0.6 is 0 Å². The number of benzene rings is 2. The van der Waals surface area contributed by atoms with Crippen LogP contribution in [0.1, 0.15) is 61.6 Å². The minimum atomic E-state index is -0.708. The van der Waals surface area contributed by atoms with Gasteiger partial charge < -0.3 is 77.2 Å². The lowest BCUT2D eigenvalue weighted by molar-refractivity contribution is -0.198. The quantitative estimate of drug-likeness (QED) is 0.0546. The Kier molecular flexibility index (Phi) is 35.4. The van der Waals surface area contributed by atoms with Gasteiger partial charge in [-0.05, 0) is 30.2 Å². The van der Waals surface area contributed by atoms with Crippen LogP contribution in [0.3, 0.4) is 0 Å². The fourth-order valence-corrected chi connectivity index (χ4v) is 6.98. The lowest BCUT2D eigenvalue weighted by atomic mass is 10.0. The maximum absolute atomic E-state index is 13.3. The van der Waals surface area contributed by atoms with E-state index in [0.29, 0.717) is 170 Å². The summed E-state index contributed by atoms with van der Waals surface area (Å²) in [6, 6.07) is 15.3. The number of ether oxygens (including phenoxy) is 12. The van der Waals surface area contributed by atoms with Crippen molar-refractivity contribution < 1.29 is 90.4 Å². The van der Waals surface area contributed by atoms with Crippen molar-refractivity contribution in [1.29, 1.82) is 0 Å². The number of hydrogen-bond donors (Lipinski definition) is 2. The summed E-state index contributed by atoms with van der Waals surface area (Å²) in [5.74, 6) is 4.17. The molecular formula is C54H78N4O19. The number of hydrogen-bond acceptors (Lipinski definition) is 19. The molecule has 428 valence electrons. The van der Waals surface area contributed by atoms with Crippen LogP contribution in [-0.2, 0) is 97.0 Å². The van der Waals surface area contributed by atoms with E-state index in [1.807, 2.05) is 48.5 Å². The molecule has 0 aliphatic carbocycles. The van der Waals surface area contributed by atoms with E-state index in [1.165, 1.54) is 0 Å². The van der Waals surface area contributed by atoms with E-state index in [9.17, 15) is 28.8 Å². The van der Waals surface area contributed by atoms with E-state index in [-0.39, 0.29) is 76.0 Å². The van der Waals surface area contributed by atoms with E-state index >= 15 is 0 Å². The molecule has 2 aromatic carbocycles. The molecule has 23 heteroatoms. The highest BCUT2D eigenvalue weighted by Crippen LogP contribution is 2.26. The lowest BCUT2D eigenvalue weighted by Crippen LogP contribution is -2.35. The van der Waals surface area contributed by atoms with Gasteiger partial charge in [0.05, 0.1) is 177 Å². The predicted octanol–water partition coefficient (Wildman–Crippen LogP) is 1.92. The average molecular weight is 1090 g/mol. The normalized spacial score (nSPS) is 12.9. The Morgan fingerprint density at radius 2 is 0.805 bits per heavy atom. The number of rotatable bonds is 47. The molecule has 2 aliphatic rings. The molecule has 77 heavy (non-hydrogen) atoms. The van der Waals surface area contributed by atoms with Crippen LogP contribution in [0.4, 0.5) is 5.69 Å². The fourth-order valence-electron chi connectivity index (χ4n) is 6.98. The molecular weight excluding hydrogens is 1010 g/mol. The summed E-state index contributed by atoms with van der Waals surface area (Å²) in [5.41, 5.74) is 3.38. The van der Waals surface area contributed by atoms with Crippen LogP contribution in [0.25, 0.3) is 0 Å². The summed E-state index contributed by atoms with van der Waals surface area (Å²) in [7, 11) is 0. The standard InChI is InChI=1S/C54H78N4O19/c59-49(55-18-16-51(61)57-44-47-8-2-1-6-45(47)12-13-46-7-3-4-9-48(46)57)10-5-11-50(60)56-19-21-66-23-25-68-27-29-70-31-33-72-35-37-74-39-41-76-43-42-75-40-38-73-36-34-71-32-30-69-28-26-67-24-22-65-20-17-54(64)77-58-52(62)14-15-53(58)63/h1-4,6-9H,5,10-11,14-44H2,(H,55,59)(H,56,60). The Morgan fingerprint density at radius 1 is 0.429 bits per heavy atom. The number of hydroxylamine groups is 2. The molecule has 0 unspecified atom stereocenters. The second-order valence-electron chi connectivity index (χ2n) is 16.9. The highest BCUT2D eigenvalue weighted by molar-refractivity contribution is 6.01. The number of imide groups is 1. The average Bonchev–Trinajstić information content (AvgIpc) is 3.74. The van der Waals surface area contributed by atoms with E-state index in [0.717, 1.165) is 22.4 Å². The molecule has 1 fully saturated rings. The van der Waals surface area contributed by atoms with Crippen molar-refractivity contribution in [1.82, 2.24) is 15.7 Å². The fraction of sp³-hybridized carbons (Fsp3) is 0.630. The molecule has 2 aliphatic heterocycles. The van der Waals surface area contributed by atoms with Crippen molar-refractivity contribution in [2.24, 2.45) is 0 Å². The molecule has 0 atom stereocenters. The third-order valence-corrected chi connectivity index (χ3v) is 11.0. The first-order chi connectivity index (χ1) is 37.8. The van der Waals surface area contributed by atoms with Gasteiger partial charge in [0.25, 0.3) is 11.8 Å². The monoisotopic (exact) mass is 1090 g/mol. The van der Waals surface area contributed by atoms with Gasteiger partial charge in [0.1, 0.15) is 0 Å². The number of nitrogens with zero attached hydrogens (tertiary/aromatic N) is 2. The molecule has 0 aromatic heterocycles. The summed E-state index contributed by atoms with van der Waals surface area (Å²) in [5, 5.41) is 6.11. The zero-order chi connectivity index (χ0) is 54.6. The number of nitrogens with one attached hydrogen (secondary N) is 2. The first-order valence-electron chi connectivity index (χ1n) is 26.3.